The summed E-state index contributed by atoms with van der Waals surface area (Å²) in [6, 6.07) is 19.5. The first-order valence-corrected chi connectivity index (χ1v) is 8.69. The average Bonchev–Trinajstić information content (AvgIpc) is 2.61. The normalized spacial score (nSPS) is 22.0. The fraction of sp³-hybridized carbons (Fsp3) is 0.364. The Morgan fingerprint density at radius 2 is 1.45 bits per heavy atom. The molecule has 0 aliphatic heterocycles. The van der Waals surface area contributed by atoms with Crippen molar-refractivity contribution < 1.29 is 0 Å². The first-order chi connectivity index (χ1) is 10.8. The van der Waals surface area contributed by atoms with E-state index in [1.54, 1.807) is 0 Å². The molecule has 0 heteroatoms. The lowest BCUT2D eigenvalue weighted by atomic mass is 9.80. The molecule has 0 unspecified atom stereocenters. The van der Waals surface area contributed by atoms with E-state index in [1.165, 1.54) is 48.8 Å². The van der Waals surface area contributed by atoms with Crippen LogP contribution in [0.15, 0.2) is 60.7 Å². The first-order valence-electron chi connectivity index (χ1n) is 8.69. The lowest BCUT2D eigenvalue weighted by Crippen LogP contribution is -2.11. The Morgan fingerprint density at radius 1 is 0.818 bits per heavy atom. The highest BCUT2D eigenvalue weighted by Gasteiger charge is 2.17. The van der Waals surface area contributed by atoms with Crippen LogP contribution in [-0.4, -0.2) is 0 Å². The summed E-state index contributed by atoms with van der Waals surface area (Å²) in [6.45, 7) is 2.33. The molecule has 0 aromatic heterocycles. The van der Waals surface area contributed by atoms with Gasteiger partial charge in [-0.05, 0) is 54.2 Å². The molecule has 2 aromatic carbocycles. The van der Waals surface area contributed by atoms with Crippen LogP contribution in [0.4, 0.5) is 0 Å². The Morgan fingerprint density at radius 3 is 2.09 bits per heavy atom. The molecule has 0 radical (unpaired) electrons. The summed E-state index contributed by atoms with van der Waals surface area (Å²) in [5, 5.41) is 0. The molecule has 0 spiro atoms. The quantitative estimate of drug-likeness (QED) is 0.596. The number of allylic oxidation sites excluding steroid dienone is 1. The molecule has 0 atom stereocenters. The SMILES string of the molecule is CCC1CCC(C=Cc2ccc(-c3ccccc3)cc2)CC1. The molecule has 0 N–H and O–H groups in total. The second kappa shape index (κ2) is 7.45. The third-order valence-electron chi connectivity index (χ3n) is 5.05. The lowest BCUT2D eigenvalue weighted by molar-refractivity contribution is 0.304. The van der Waals surface area contributed by atoms with Crippen molar-refractivity contribution in [3.05, 3.63) is 66.2 Å². The molecule has 1 aliphatic rings. The van der Waals surface area contributed by atoms with E-state index < -0.39 is 0 Å². The van der Waals surface area contributed by atoms with Crippen LogP contribution in [0.3, 0.4) is 0 Å². The van der Waals surface area contributed by atoms with E-state index in [1.807, 2.05) is 0 Å². The van der Waals surface area contributed by atoms with Gasteiger partial charge in [-0.15, -0.1) is 0 Å². The van der Waals surface area contributed by atoms with Crippen molar-refractivity contribution in [1.82, 2.24) is 0 Å². The molecule has 0 heterocycles. The van der Waals surface area contributed by atoms with Gasteiger partial charge in [-0.2, -0.15) is 0 Å². The fourth-order valence-corrected chi connectivity index (χ4v) is 3.45. The summed E-state index contributed by atoms with van der Waals surface area (Å²) in [6.07, 6.45) is 11.7. The minimum absolute atomic E-state index is 0.789. The number of hydrogen-bond acceptors (Lipinski definition) is 0. The number of benzene rings is 2. The van der Waals surface area contributed by atoms with Gasteiger partial charge in [-0.25, -0.2) is 0 Å². The Kier molecular flexibility index (Phi) is 5.11. The van der Waals surface area contributed by atoms with Gasteiger partial charge in [0, 0.05) is 0 Å². The fourth-order valence-electron chi connectivity index (χ4n) is 3.45. The van der Waals surface area contributed by atoms with Gasteiger partial charge in [0.2, 0.25) is 0 Å². The second-order valence-electron chi connectivity index (χ2n) is 6.54. The minimum atomic E-state index is 0.789. The third-order valence-corrected chi connectivity index (χ3v) is 5.05. The highest BCUT2D eigenvalue weighted by molar-refractivity contribution is 5.65. The van der Waals surface area contributed by atoms with Crippen molar-refractivity contribution in [3.63, 3.8) is 0 Å². The van der Waals surface area contributed by atoms with Gasteiger partial charge in [0.1, 0.15) is 0 Å². The summed E-state index contributed by atoms with van der Waals surface area (Å²) in [4.78, 5) is 0. The molecule has 114 valence electrons. The molecular weight excluding hydrogens is 264 g/mol. The Labute approximate surface area is 134 Å². The minimum Gasteiger partial charge on any atom is -0.0808 e. The molecular formula is C22H26. The smallest absolute Gasteiger partial charge is 0.0184 e. The summed E-state index contributed by atoms with van der Waals surface area (Å²) >= 11 is 0. The van der Waals surface area contributed by atoms with E-state index in [-0.39, 0.29) is 0 Å². The van der Waals surface area contributed by atoms with Crippen molar-refractivity contribution in [1.29, 1.82) is 0 Å². The van der Waals surface area contributed by atoms with Gasteiger partial charge < -0.3 is 0 Å². The zero-order chi connectivity index (χ0) is 15.2. The van der Waals surface area contributed by atoms with E-state index in [2.05, 4.69) is 73.7 Å². The molecule has 3 rings (SSSR count). The molecule has 2 aromatic rings. The molecule has 0 amide bonds. The Hall–Kier alpha value is -1.82. The first kappa shape index (κ1) is 15.1. The average molecular weight is 290 g/mol. The van der Waals surface area contributed by atoms with Crippen molar-refractivity contribution in [2.45, 2.75) is 39.0 Å². The van der Waals surface area contributed by atoms with Crippen molar-refractivity contribution >= 4 is 6.08 Å². The second-order valence-corrected chi connectivity index (χ2v) is 6.54. The topological polar surface area (TPSA) is 0 Å². The van der Waals surface area contributed by atoms with Crippen molar-refractivity contribution in [2.24, 2.45) is 11.8 Å². The van der Waals surface area contributed by atoms with E-state index >= 15 is 0 Å². The highest BCUT2D eigenvalue weighted by atomic mass is 14.2. The van der Waals surface area contributed by atoms with E-state index in [9.17, 15) is 0 Å². The van der Waals surface area contributed by atoms with Crippen LogP contribution < -0.4 is 0 Å². The summed E-state index contributed by atoms with van der Waals surface area (Å²) in [5.41, 5.74) is 3.90. The maximum absolute atomic E-state index is 2.43. The summed E-state index contributed by atoms with van der Waals surface area (Å²) in [5.74, 6) is 1.77. The molecule has 1 aliphatic carbocycles. The van der Waals surface area contributed by atoms with E-state index in [0.29, 0.717) is 0 Å². The standard InChI is InChI=1S/C22H26/c1-2-18-8-10-19(11-9-18)12-13-20-14-16-22(17-15-20)21-6-4-3-5-7-21/h3-7,12-19H,2,8-11H2,1H3. The molecule has 0 bridgehead atoms. The van der Waals surface area contributed by atoms with Gasteiger partial charge in [-0.1, -0.05) is 80.1 Å². The van der Waals surface area contributed by atoms with Crippen LogP contribution in [0.1, 0.15) is 44.6 Å². The Bertz CT molecular complexity index is 584. The van der Waals surface area contributed by atoms with Crippen LogP contribution >= 0.6 is 0 Å². The maximum atomic E-state index is 2.43. The predicted octanol–water partition coefficient (Wildman–Crippen LogP) is 6.58. The lowest BCUT2D eigenvalue weighted by Gasteiger charge is -2.25. The van der Waals surface area contributed by atoms with Crippen LogP contribution in [0.2, 0.25) is 0 Å². The van der Waals surface area contributed by atoms with Crippen LogP contribution in [0.5, 0.6) is 0 Å². The number of hydrogen-bond donors (Lipinski definition) is 0. The number of rotatable bonds is 4. The van der Waals surface area contributed by atoms with Crippen LogP contribution in [0.25, 0.3) is 17.2 Å². The summed E-state index contributed by atoms with van der Waals surface area (Å²) < 4.78 is 0. The molecule has 1 fully saturated rings. The Balaban J connectivity index is 1.61. The molecule has 0 saturated heterocycles. The predicted molar refractivity (Wildman–Crippen MR) is 96.7 cm³/mol. The highest BCUT2D eigenvalue weighted by Crippen LogP contribution is 2.31. The van der Waals surface area contributed by atoms with Crippen LogP contribution in [-0.2, 0) is 0 Å². The zero-order valence-corrected chi connectivity index (χ0v) is 13.5. The van der Waals surface area contributed by atoms with Gasteiger partial charge in [-0.3, -0.25) is 0 Å². The largest absolute Gasteiger partial charge is 0.0808 e. The van der Waals surface area contributed by atoms with Crippen molar-refractivity contribution in [3.8, 4) is 11.1 Å². The van der Waals surface area contributed by atoms with Crippen LogP contribution in [0, 0.1) is 11.8 Å². The third kappa shape index (κ3) is 3.88. The monoisotopic (exact) mass is 290 g/mol. The molecule has 1 saturated carbocycles. The van der Waals surface area contributed by atoms with E-state index in [4.69, 9.17) is 0 Å². The maximum Gasteiger partial charge on any atom is -0.0184 e. The summed E-state index contributed by atoms with van der Waals surface area (Å²) in [7, 11) is 0. The zero-order valence-electron chi connectivity index (χ0n) is 13.5. The van der Waals surface area contributed by atoms with Crippen molar-refractivity contribution in [2.75, 3.05) is 0 Å². The van der Waals surface area contributed by atoms with Gasteiger partial charge in [0.05, 0.1) is 0 Å². The van der Waals surface area contributed by atoms with Gasteiger partial charge in [0.15, 0.2) is 0 Å². The van der Waals surface area contributed by atoms with E-state index in [0.717, 1.165) is 11.8 Å². The molecule has 22 heavy (non-hydrogen) atoms. The van der Waals surface area contributed by atoms with Gasteiger partial charge >= 0.3 is 0 Å². The van der Waals surface area contributed by atoms with Gasteiger partial charge in [0.25, 0.3) is 0 Å². The molecule has 0 nitrogen and oxygen atoms in total.